The fourth-order valence-electron chi connectivity index (χ4n) is 3.67. The first kappa shape index (κ1) is 18.8. The second-order valence-electron chi connectivity index (χ2n) is 7.17. The van der Waals surface area contributed by atoms with Crippen molar-refractivity contribution < 1.29 is 18.4 Å². The molecule has 2 heterocycles. The van der Waals surface area contributed by atoms with E-state index in [0.717, 1.165) is 44.4 Å². The van der Waals surface area contributed by atoms with Gasteiger partial charge in [0.1, 0.15) is 0 Å². The lowest BCUT2D eigenvalue weighted by Gasteiger charge is -2.33. The number of carbonyl (C=O) groups is 2. The van der Waals surface area contributed by atoms with Crippen molar-refractivity contribution in [1.29, 1.82) is 0 Å². The topological polar surface area (TPSA) is 61.4 Å². The highest BCUT2D eigenvalue weighted by molar-refractivity contribution is 5.82. The first-order valence-electron chi connectivity index (χ1n) is 9.25. The molecule has 2 aliphatic rings. The maximum atomic E-state index is 13.3. The maximum absolute atomic E-state index is 13.3. The molecular formula is C19H25F2N3O2. The number of nitrogens with one attached hydrogen (secondary N) is 2. The molecule has 2 unspecified atom stereocenters. The zero-order valence-corrected chi connectivity index (χ0v) is 14.8. The van der Waals surface area contributed by atoms with Gasteiger partial charge >= 0.3 is 0 Å². The molecule has 2 amide bonds. The third-order valence-corrected chi connectivity index (χ3v) is 5.15. The van der Waals surface area contributed by atoms with Gasteiger partial charge in [0.15, 0.2) is 11.6 Å². The summed E-state index contributed by atoms with van der Waals surface area (Å²) in [5.41, 5.74) is 0.469. The summed E-state index contributed by atoms with van der Waals surface area (Å²) in [6.45, 7) is 2.69. The molecule has 1 aromatic carbocycles. The lowest BCUT2D eigenvalue weighted by atomic mass is 9.97. The van der Waals surface area contributed by atoms with Crippen LogP contribution in [0.3, 0.4) is 0 Å². The molecule has 2 aliphatic heterocycles. The van der Waals surface area contributed by atoms with Gasteiger partial charge in [0.05, 0.1) is 12.5 Å². The van der Waals surface area contributed by atoms with Crippen LogP contribution < -0.4 is 10.6 Å². The van der Waals surface area contributed by atoms with Crippen molar-refractivity contribution in [2.45, 2.75) is 38.1 Å². The number of benzene rings is 1. The van der Waals surface area contributed by atoms with Gasteiger partial charge in [-0.1, -0.05) is 6.07 Å². The monoisotopic (exact) mass is 365 g/mol. The van der Waals surface area contributed by atoms with E-state index in [0.29, 0.717) is 25.2 Å². The number of piperidine rings is 1. The fraction of sp³-hybridized carbons (Fsp3) is 0.579. The number of hydrogen-bond acceptors (Lipinski definition) is 3. The van der Waals surface area contributed by atoms with E-state index < -0.39 is 11.6 Å². The van der Waals surface area contributed by atoms with Gasteiger partial charge in [-0.25, -0.2) is 8.78 Å². The Balaban J connectivity index is 1.48. The summed E-state index contributed by atoms with van der Waals surface area (Å²) in [6.07, 6.45) is 3.80. The van der Waals surface area contributed by atoms with E-state index >= 15 is 0 Å². The largest absolute Gasteiger partial charge is 0.354 e. The summed E-state index contributed by atoms with van der Waals surface area (Å²) in [5.74, 6) is -1.68. The first-order chi connectivity index (χ1) is 12.5. The van der Waals surface area contributed by atoms with Crippen molar-refractivity contribution in [3.05, 3.63) is 35.4 Å². The summed E-state index contributed by atoms with van der Waals surface area (Å²) >= 11 is 0. The van der Waals surface area contributed by atoms with Crippen molar-refractivity contribution in [2.24, 2.45) is 5.92 Å². The number of likely N-dealkylation sites (tertiary alicyclic amines) is 1. The average molecular weight is 365 g/mol. The standard InChI is InChI=1S/C19H25F2N3O2/c20-15-6-5-13(9-16(15)21)10-18(25)24-8-2-3-14(12-24)11-23-19(26)17-4-1-7-22-17/h5-6,9,14,17,22H,1-4,7-8,10-12H2,(H,23,26). The van der Waals surface area contributed by atoms with E-state index in [1.165, 1.54) is 6.07 Å². The summed E-state index contributed by atoms with van der Waals surface area (Å²) in [5, 5.41) is 6.16. The lowest BCUT2D eigenvalue weighted by molar-refractivity contribution is -0.132. The Labute approximate surface area is 152 Å². The van der Waals surface area contributed by atoms with Crippen molar-refractivity contribution in [2.75, 3.05) is 26.2 Å². The minimum atomic E-state index is -0.935. The van der Waals surface area contributed by atoms with Crippen molar-refractivity contribution in [1.82, 2.24) is 15.5 Å². The number of halogens is 2. The van der Waals surface area contributed by atoms with Crippen LogP contribution in [0.4, 0.5) is 8.78 Å². The van der Waals surface area contributed by atoms with Gasteiger partial charge in [0.25, 0.3) is 0 Å². The van der Waals surface area contributed by atoms with Crippen LogP contribution in [0, 0.1) is 17.6 Å². The molecule has 5 nitrogen and oxygen atoms in total. The number of amides is 2. The molecule has 0 spiro atoms. The number of carbonyl (C=O) groups excluding carboxylic acids is 2. The highest BCUT2D eigenvalue weighted by atomic mass is 19.2. The van der Waals surface area contributed by atoms with E-state index in [9.17, 15) is 18.4 Å². The Hall–Kier alpha value is -2.02. The highest BCUT2D eigenvalue weighted by Gasteiger charge is 2.26. The van der Waals surface area contributed by atoms with Crippen LogP contribution in [0.25, 0.3) is 0 Å². The zero-order valence-electron chi connectivity index (χ0n) is 14.8. The summed E-state index contributed by atoms with van der Waals surface area (Å²) in [6, 6.07) is 3.46. The van der Waals surface area contributed by atoms with E-state index in [1.807, 2.05) is 0 Å². The third kappa shape index (κ3) is 4.78. The van der Waals surface area contributed by atoms with Gasteiger partial charge in [-0.05, 0) is 55.8 Å². The van der Waals surface area contributed by atoms with Crippen LogP contribution in [0.1, 0.15) is 31.2 Å². The average Bonchev–Trinajstić information content (AvgIpc) is 3.18. The highest BCUT2D eigenvalue weighted by Crippen LogP contribution is 2.18. The molecule has 7 heteroatoms. The van der Waals surface area contributed by atoms with E-state index in [4.69, 9.17) is 0 Å². The number of hydrogen-bond donors (Lipinski definition) is 2. The molecule has 0 saturated carbocycles. The van der Waals surface area contributed by atoms with E-state index in [2.05, 4.69) is 10.6 Å². The van der Waals surface area contributed by atoms with Crippen LogP contribution in [0.15, 0.2) is 18.2 Å². The van der Waals surface area contributed by atoms with Gasteiger partial charge in [0, 0.05) is 19.6 Å². The third-order valence-electron chi connectivity index (χ3n) is 5.15. The van der Waals surface area contributed by atoms with E-state index in [1.54, 1.807) is 4.90 Å². The molecule has 26 heavy (non-hydrogen) atoms. The van der Waals surface area contributed by atoms with Gasteiger partial charge < -0.3 is 15.5 Å². The Kier molecular flexibility index (Phi) is 6.19. The molecular weight excluding hydrogens is 340 g/mol. The molecule has 0 aliphatic carbocycles. The molecule has 2 atom stereocenters. The molecule has 0 radical (unpaired) electrons. The number of nitrogens with zero attached hydrogens (tertiary/aromatic N) is 1. The normalized spacial score (nSPS) is 23.1. The number of rotatable bonds is 5. The summed E-state index contributed by atoms with van der Waals surface area (Å²) in [4.78, 5) is 26.3. The minimum absolute atomic E-state index is 0.0349. The molecule has 0 aromatic heterocycles. The fourth-order valence-corrected chi connectivity index (χ4v) is 3.67. The van der Waals surface area contributed by atoms with Crippen LogP contribution in [-0.2, 0) is 16.0 Å². The van der Waals surface area contributed by atoms with Gasteiger partial charge in [-0.15, -0.1) is 0 Å². The summed E-state index contributed by atoms with van der Waals surface area (Å²) in [7, 11) is 0. The molecule has 2 N–H and O–H groups in total. The van der Waals surface area contributed by atoms with Crippen LogP contribution in [0.2, 0.25) is 0 Å². The van der Waals surface area contributed by atoms with Crippen LogP contribution >= 0.6 is 0 Å². The molecule has 0 bridgehead atoms. The second kappa shape index (κ2) is 8.58. The summed E-state index contributed by atoms with van der Waals surface area (Å²) < 4.78 is 26.3. The van der Waals surface area contributed by atoms with Gasteiger partial charge in [-0.3, -0.25) is 9.59 Å². The van der Waals surface area contributed by atoms with Crippen molar-refractivity contribution >= 4 is 11.8 Å². The molecule has 1 aromatic rings. The Morgan fingerprint density at radius 1 is 1.19 bits per heavy atom. The lowest BCUT2D eigenvalue weighted by Crippen LogP contribution is -2.47. The quantitative estimate of drug-likeness (QED) is 0.834. The predicted molar refractivity (Wildman–Crippen MR) is 93.4 cm³/mol. The molecule has 142 valence electrons. The Bertz CT molecular complexity index is 662. The SMILES string of the molecule is O=C(NCC1CCCN(C(=O)Cc2ccc(F)c(F)c2)C1)C1CCCN1. The van der Waals surface area contributed by atoms with Crippen molar-refractivity contribution in [3.8, 4) is 0 Å². The predicted octanol–water partition coefficient (Wildman–Crippen LogP) is 1.61. The molecule has 2 saturated heterocycles. The Morgan fingerprint density at radius 2 is 2.04 bits per heavy atom. The Morgan fingerprint density at radius 3 is 2.77 bits per heavy atom. The molecule has 3 rings (SSSR count). The smallest absolute Gasteiger partial charge is 0.237 e. The first-order valence-corrected chi connectivity index (χ1v) is 9.25. The maximum Gasteiger partial charge on any atom is 0.237 e. The van der Waals surface area contributed by atoms with Gasteiger partial charge in [0.2, 0.25) is 11.8 Å². The molecule has 2 fully saturated rings. The zero-order chi connectivity index (χ0) is 18.5. The van der Waals surface area contributed by atoms with Crippen molar-refractivity contribution in [3.63, 3.8) is 0 Å². The van der Waals surface area contributed by atoms with Crippen LogP contribution in [-0.4, -0.2) is 48.9 Å². The van der Waals surface area contributed by atoms with Gasteiger partial charge in [-0.2, -0.15) is 0 Å². The van der Waals surface area contributed by atoms with E-state index in [-0.39, 0.29) is 30.2 Å². The van der Waals surface area contributed by atoms with Crippen LogP contribution in [0.5, 0.6) is 0 Å². The minimum Gasteiger partial charge on any atom is -0.354 e. The second-order valence-corrected chi connectivity index (χ2v) is 7.17.